The van der Waals surface area contributed by atoms with Gasteiger partial charge in [0.2, 0.25) is 0 Å². The minimum Gasteiger partial charge on any atom is -0.462 e. The maximum absolute atomic E-state index is 9.60. The van der Waals surface area contributed by atoms with E-state index < -0.39 is 0 Å². The molecule has 0 amide bonds. The molecule has 1 aliphatic heterocycles. The van der Waals surface area contributed by atoms with Crippen LogP contribution < -0.4 is 5.32 Å². The Hall–Kier alpha value is -0.830. The third-order valence-electron chi connectivity index (χ3n) is 2.64. The van der Waals surface area contributed by atoms with Crippen LogP contribution in [-0.2, 0) is 9.53 Å². The lowest BCUT2D eigenvalue weighted by molar-refractivity contribution is -0.138. The summed E-state index contributed by atoms with van der Waals surface area (Å²) in [7, 11) is 0. The Bertz CT molecular complexity index is 212. The second-order valence-corrected chi connectivity index (χ2v) is 5.43. The van der Waals surface area contributed by atoms with E-state index in [2.05, 4.69) is 29.6 Å². The summed E-state index contributed by atoms with van der Waals surface area (Å²) < 4.78 is 4.55. The lowest BCUT2D eigenvalue weighted by Gasteiger charge is -2.30. The highest BCUT2D eigenvalue weighted by Gasteiger charge is 2.21. The molecule has 3 nitrogen and oxygen atoms in total. The van der Waals surface area contributed by atoms with Crippen LogP contribution >= 0.6 is 0 Å². The normalized spacial score (nSPS) is 19.0. The average molecular weight is 227 g/mol. The maximum Gasteiger partial charge on any atom is 0.293 e. The van der Waals surface area contributed by atoms with E-state index in [9.17, 15) is 4.79 Å². The standard InChI is InChI=1S/C8H15N.C5H10O2/c1-3-8(2)4-6-9-7-5-8;1-5(2,3)7-4-6/h3,9H,1,4-7H2,2H3;4H,1-3H3. The third-order valence-corrected chi connectivity index (χ3v) is 2.64. The van der Waals surface area contributed by atoms with Gasteiger partial charge in [-0.3, -0.25) is 4.79 Å². The molecule has 0 aromatic rings. The van der Waals surface area contributed by atoms with Gasteiger partial charge in [-0.05, 0) is 52.1 Å². The topological polar surface area (TPSA) is 38.3 Å². The van der Waals surface area contributed by atoms with Gasteiger partial charge in [-0.15, -0.1) is 6.58 Å². The van der Waals surface area contributed by atoms with E-state index in [-0.39, 0.29) is 5.60 Å². The molecule has 0 aromatic carbocycles. The van der Waals surface area contributed by atoms with Gasteiger partial charge in [-0.25, -0.2) is 0 Å². The number of carbonyl (C=O) groups excluding carboxylic acids is 1. The Kier molecular flexibility index (Phi) is 6.34. The molecule has 0 atom stereocenters. The molecular formula is C13H25NO2. The molecule has 0 unspecified atom stereocenters. The third kappa shape index (κ3) is 7.46. The largest absolute Gasteiger partial charge is 0.462 e. The van der Waals surface area contributed by atoms with E-state index in [1.165, 1.54) is 12.8 Å². The first-order valence-electron chi connectivity index (χ1n) is 5.79. The average Bonchev–Trinajstić information content (AvgIpc) is 2.18. The molecule has 0 aliphatic carbocycles. The molecule has 0 saturated carbocycles. The number of rotatable bonds is 2. The number of hydrogen-bond acceptors (Lipinski definition) is 3. The van der Waals surface area contributed by atoms with Crippen molar-refractivity contribution in [3.05, 3.63) is 12.7 Å². The zero-order valence-corrected chi connectivity index (χ0v) is 11.0. The molecule has 0 bridgehead atoms. The molecule has 1 N–H and O–H groups in total. The molecule has 0 spiro atoms. The van der Waals surface area contributed by atoms with Crippen LogP contribution in [0.2, 0.25) is 0 Å². The summed E-state index contributed by atoms with van der Waals surface area (Å²) in [5, 5.41) is 3.33. The summed E-state index contributed by atoms with van der Waals surface area (Å²) in [5.41, 5.74) is 0.104. The van der Waals surface area contributed by atoms with Gasteiger partial charge in [0.05, 0.1) is 0 Å². The highest BCUT2D eigenvalue weighted by molar-refractivity contribution is 5.37. The zero-order chi connectivity index (χ0) is 12.7. The van der Waals surface area contributed by atoms with E-state index >= 15 is 0 Å². The molecule has 1 saturated heterocycles. The smallest absolute Gasteiger partial charge is 0.293 e. The van der Waals surface area contributed by atoms with E-state index in [0.29, 0.717) is 11.9 Å². The van der Waals surface area contributed by atoms with Crippen LogP contribution in [0.3, 0.4) is 0 Å². The fraction of sp³-hybridized carbons (Fsp3) is 0.769. The second-order valence-electron chi connectivity index (χ2n) is 5.43. The van der Waals surface area contributed by atoms with Gasteiger partial charge in [0.25, 0.3) is 6.47 Å². The monoisotopic (exact) mass is 227 g/mol. The quantitative estimate of drug-likeness (QED) is 0.582. The fourth-order valence-corrected chi connectivity index (χ4v) is 1.35. The Labute approximate surface area is 99.3 Å². The van der Waals surface area contributed by atoms with Crippen molar-refractivity contribution in [3.63, 3.8) is 0 Å². The summed E-state index contributed by atoms with van der Waals surface area (Å²) in [4.78, 5) is 9.60. The summed E-state index contributed by atoms with van der Waals surface area (Å²) in [6.45, 7) is 14.3. The molecule has 3 heteroatoms. The van der Waals surface area contributed by atoms with Gasteiger partial charge in [0.15, 0.2) is 0 Å². The first kappa shape index (κ1) is 15.2. The summed E-state index contributed by atoms with van der Waals surface area (Å²) >= 11 is 0. The number of ether oxygens (including phenoxy) is 1. The van der Waals surface area contributed by atoms with Crippen LogP contribution in [0.4, 0.5) is 0 Å². The van der Waals surface area contributed by atoms with Gasteiger partial charge < -0.3 is 10.1 Å². The lowest BCUT2D eigenvalue weighted by atomic mass is 9.81. The summed E-state index contributed by atoms with van der Waals surface area (Å²) in [5.74, 6) is 0. The van der Waals surface area contributed by atoms with Crippen molar-refractivity contribution in [2.24, 2.45) is 5.41 Å². The minimum atomic E-state index is -0.318. The van der Waals surface area contributed by atoms with Crippen molar-refractivity contribution in [1.29, 1.82) is 0 Å². The van der Waals surface area contributed by atoms with Gasteiger partial charge in [-0.1, -0.05) is 13.0 Å². The fourth-order valence-electron chi connectivity index (χ4n) is 1.35. The molecule has 94 valence electrons. The molecule has 1 aliphatic rings. The Morgan fingerprint density at radius 3 is 2.00 bits per heavy atom. The van der Waals surface area contributed by atoms with Crippen LogP contribution in [0.5, 0.6) is 0 Å². The van der Waals surface area contributed by atoms with Crippen molar-refractivity contribution in [3.8, 4) is 0 Å². The molecule has 1 fully saturated rings. The first-order chi connectivity index (χ1) is 7.33. The van der Waals surface area contributed by atoms with Crippen molar-refractivity contribution < 1.29 is 9.53 Å². The van der Waals surface area contributed by atoms with E-state index in [0.717, 1.165) is 13.1 Å². The van der Waals surface area contributed by atoms with Crippen LogP contribution in [0.25, 0.3) is 0 Å². The molecule has 16 heavy (non-hydrogen) atoms. The first-order valence-corrected chi connectivity index (χ1v) is 5.79. The molecule has 1 rings (SSSR count). The lowest BCUT2D eigenvalue weighted by Crippen LogP contribution is -2.33. The predicted molar refractivity (Wildman–Crippen MR) is 67.3 cm³/mol. The molecule has 0 radical (unpaired) electrons. The van der Waals surface area contributed by atoms with Gasteiger partial charge >= 0.3 is 0 Å². The van der Waals surface area contributed by atoms with Crippen molar-refractivity contribution in [1.82, 2.24) is 5.32 Å². The Balaban J connectivity index is 0.000000293. The van der Waals surface area contributed by atoms with E-state index in [4.69, 9.17) is 0 Å². The highest BCUT2D eigenvalue weighted by atomic mass is 16.5. The maximum atomic E-state index is 9.60. The van der Waals surface area contributed by atoms with Crippen molar-refractivity contribution in [2.45, 2.75) is 46.1 Å². The SMILES string of the molecule is C=CC1(C)CCNCC1.CC(C)(C)OC=O. The van der Waals surface area contributed by atoms with E-state index in [1.807, 2.05) is 20.8 Å². The van der Waals surface area contributed by atoms with Crippen LogP contribution in [0, 0.1) is 5.41 Å². The Morgan fingerprint density at radius 1 is 1.31 bits per heavy atom. The minimum absolute atomic E-state index is 0.318. The van der Waals surface area contributed by atoms with Gasteiger partial charge in [-0.2, -0.15) is 0 Å². The van der Waals surface area contributed by atoms with Crippen LogP contribution in [0.1, 0.15) is 40.5 Å². The van der Waals surface area contributed by atoms with Crippen molar-refractivity contribution in [2.75, 3.05) is 13.1 Å². The van der Waals surface area contributed by atoms with Crippen molar-refractivity contribution >= 4 is 6.47 Å². The second kappa shape index (κ2) is 6.69. The number of nitrogens with one attached hydrogen (secondary N) is 1. The Morgan fingerprint density at radius 2 is 1.81 bits per heavy atom. The molecular weight excluding hydrogens is 202 g/mol. The zero-order valence-electron chi connectivity index (χ0n) is 11.0. The van der Waals surface area contributed by atoms with E-state index in [1.54, 1.807) is 0 Å². The van der Waals surface area contributed by atoms with Gasteiger partial charge in [0, 0.05) is 0 Å². The van der Waals surface area contributed by atoms with Crippen LogP contribution in [-0.4, -0.2) is 25.2 Å². The summed E-state index contributed by atoms with van der Waals surface area (Å²) in [6.07, 6.45) is 4.58. The van der Waals surface area contributed by atoms with Crippen LogP contribution in [0.15, 0.2) is 12.7 Å². The number of carbonyl (C=O) groups is 1. The number of hydrogen-bond donors (Lipinski definition) is 1. The molecule has 1 heterocycles. The number of allylic oxidation sites excluding steroid dienone is 1. The predicted octanol–water partition coefficient (Wildman–Crippen LogP) is 2.52. The summed E-state index contributed by atoms with van der Waals surface area (Å²) in [6, 6.07) is 0. The number of piperidine rings is 1. The van der Waals surface area contributed by atoms with Gasteiger partial charge in [0.1, 0.15) is 5.60 Å². The molecule has 0 aromatic heterocycles. The highest BCUT2D eigenvalue weighted by Crippen LogP contribution is 2.28.